The van der Waals surface area contributed by atoms with Crippen molar-refractivity contribution in [3.05, 3.63) is 54.7 Å². The number of rotatable bonds is 4. The fourth-order valence-electron chi connectivity index (χ4n) is 4.66. The number of halogens is 6. The number of anilines is 1. The number of fused-ring (bicyclic) bond motifs is 1. The minimum Gasteiger partial charge on any atom is -0.443 e. The Hall–Kier alpha value is -4.61. The van der Waals surface area contributed by atoms with Crippen molar-refractivity contribution in [3.63, 3.8) is 0 Å². The summed E-state index contributed by atoms with van der Waals surface area (Å²) in [5, 5.41) is 18.0. The highest BCUT2D eigenvalue weighted by molar-refractivity contribution is 5.87. The van der Waals surface area contributed by atoms with E-state index in [-0.39, 0.29) is 18.9 Å². The zero-order valence-corrected chi connectivity index (χ0v) is 20.7. The molecule has 0 unspecified atom stereocenters. The summed E-state index contributed by atoms with van der Waals surface area (Å²) >= 11 is 0. The van der Waals surface area contributed by atoms with Crippen molar-refractivity contribution in [2.75, 3.05) is 18.0 Å². The predicted molar refractivity (Wildman–Crippen MR) is 128 cm³/mol. The van der Waals surface area contributed by atoms with Crippen LogP contribution >= 0.6 is 0 Å². The van der Waals surface area contributed by atoms with Gasteiger partial charge in [0.05, 0.1) is 23.5 Å². The minimum atomic E-state index is -5.55. The Bertz CT molecular complexity index is 1610. The first-order valence-electron chi connectivity index (χ1n) is 11.8. The Labute approximate surface area is 222 Å². The van der Waals surface area contributed by atoms with Gasteiger partial charge in [-0.1, -0.05) is 0 Å². The third-order valence-electron chi connectivity index (χ3n) is 6.76. The van der Waals surface area contributed by atoms with Crippen molar-refractivity contribution >= 4 is 17.3 Å². The second-order valence-electron chi connectivity index (χ2n) is 9.28. The molecule has 0 saturated carbocycles. The van der Waals surface area contributed by atoms with E-state index >= 15 is 0 Å². The maximum absolute atomic E-state index is 13.7. The molecule has 208 valence electrons. The van der Waals surface area contributed by atoms with E-state index < -0.39 is 36.8 Å². The molecule has 1 fully saturated rings. The molecule has 0 aromatic carbocycles. The van der Waals surface area contributed by atoms with Crippen LogP contribution in [0.2, 0.25) is 0 Å². The van der Waals surface area contributed by atoms with Crippen LogP contribution in [0.3, 0.4) is 0 Å². The van der Waals surface area contributed by atoms with E-state index in [4.69, 9.17) is 0 Å². The number of aryl methyl sites for hydroxylation is 1. The maximum Gasteiger partial charge on any atom is 0.490 e. The number of hydrogen-bond donors (Lipinski definition) is 0. The Kier molecular flexibility index (Phi) is 6.43. The molecule has 4 aromatic heterocycles. The SMILES string of the molecule is Cn1cc(-c2cc(-c3ccc(N4CCC(OC(=O)C(F)(F)F)(C(F)(F)F)CC4)nc3)c3c(C#N)cnn3c2)cn1. The van der Waals surface area contributed by atoms with E-state index in [9.17, 15) is 36.4 Å². The molecular formula is C25H19F6N7O2. The molecule has 40 heavy (non-hydrogen) atoms. The van der Waals surface area contributed by atoms with Gasteiger partial charge < -0.3 is 9.64 Å². The van der Waals surface area contributed by atoms with Crippen LogP contribution in [0.25, 0.3) is 27.8 Å². The summed E-state index contributed by atoms with van der Waals surface area (Å²) in [7, 11) is 1.77. The Balaban J connectivity index is 1.42. The van der Waals surface area contributed by atoms with Gasteiger partial charge in [-0.2, -0.15) is 41.8 Å². The number of piperidine rings is 1. The number of alkyl halides is 6. The van der Waals surface area contributed by atoms with E-state index in [0.29, 0.717) is 22.2 Å². The van der Waals surface area contributed by atoms with Gasteiger partial charge in [0.25, 0.3) is 0 Å². The van der Waals surface area contributed by atoms with Crippen LogP contribution in [0.1, 0.15) is 18.4 Å². The molecule has 0 aliphatic carbocycles. The van der Waals surface area contributed by atoms with Gasteiger partial charge in [-0.25, -0.2) is 14.3 Å². The Morgan fingerprint density at radius 3 is 2.27 bits per heavy atom. The third-order valence-corrected chi connectivity index (χ3v) is 6.76. The third kappa shape index (κ3) is 4.80. The fraction of sp³-hybridized carbons (Fsp3) is 0.320. The molecule has 0 amide bonds. The van der Waals surface area contributed by atoms with E-state index in [1.54, 1.807) is 40.8 Å². The number of nitriles is 1. The summed E-state index contributed by atoms with van der Waals surface area (Å²) in [6.45, 7) is -0.697. The van der Waals surface area contributed by atoms with Gasteiger partial charge in [-0.15, -0.1) is 0 Å². The molecule has 0 radical (unpaired) electrons. The van der Waals surface area contributed by atoms with Crippen molar-refractivity contribution in [2.24, 2.45) is 7.05 Å². The normalized spacial score (nSPS) is 15.7. The number of hydrogen-bond acceptors (Lipinski definition) is 7. The number of ether oxygens (including phenoxy) is 1. The molecule has 15 heteroatoms. The maximum atomic E-state index is 13.7. The van der Waals surface area contributed by atoms with Crippen LogP contribution in [-0.2, 0) is 16.6 Å². The molecule has 0 spiro atoms. The number of aromatic nitrogens is 5. The van der Waals surface area contributed by atoms with Crippen molar-refractivity contribution < 1.29 is 35.9 Å². The first-order chi connectivity index (χ1) is 18.8. The van der Waals surface area contributed by atoms with Crippen LogP contribution in [0, 0.1) is 11.3 Å². The van der Waals surface area contributed by atoms with Crippen molar-refractivity contribution in [1.29, 1.82) is 5.26 Å². The van der Waals surface area contributed by atoms with Gasteiger partial charge in [0.15, 0.2) is 0 Å². The lowest BCUT2D eigenvalue weighted by Crippen LogP contribution is -2.57. The van der Waals surface area contributed by atoms with Crippen molar-refractivity contribution in [1.82, 2.24) is 24.4 Å². The number of nitrogens with zero attached hydrogens (tertiary/aromatic N) is 7. The number of carbonyl (C=O) groups is 1. The van der Waals surface area contributed by atoms with E-state index in [0.717, 1.165) is 11.1 Å². The largest absolute Gasteiger partial charge is 0.490 e. The first kappa shape index (κ1) is 27.0. The van der Waals surface area contributed by atoms with E-state index in [1.165, 1.54) is 17.3 Å². The quantitative estimate of drug-likeness (QED) is 0.263. The smallest absolute Gasteiger partial charge is 0.443 e. The lowest BCUT2D eigenvalue weighted by atomic mass is 9.90. The lowest BCUT2D eigenvalue weighted by Gasteiger charge is -2.42. The number of pyridine rings is 2. The summed E-state index contributed by atoms with van der Waals surface area (Å²) in [4.78, 5) is 17.1. The standard InChI is InChI=1S/C25H19F6N7O2/c1-36-13-18(12-34-36)16-8-19(21-17(9-32)11-35-38(21)14-16)15-2-3-20(33-10-15)37-6-4-23(5-7-37,25(29,30)31)40-22(39)24(26,27)28/h2-3,8,10-14H,4-7H2,1H3. The molecular weight excluding hydrogens is 544 g/mol. The average molecular weight is 563 g/mol. The second-order valence-corrected chi connectivity index (χ2v) is 9.28. The topological polar surface area (TPSA) is 101 Å². The summed E-state index contributed by atoms with van der Waals surface area (Å²) in [6.07, 6.45) is -4.37. The van der Waals surface area contributed by atoms with Crippen LogP contribution in [-0.4, -0.2) is 61.4 Å². The zero-order valence-electron chi connectivity index (χ0n) is 20.7. The van der Waals surface area contributed by atoms with Gasteiger partial charge in [0.2, 0.25) is 5.60 Å². The van der Waals surface area contributed by atoms with Gasteiger partial charge in [0, 0.05) is 73.8 Å². The summed E-state index contributed by atoms with van der Waals surface area (Å²) in [5.74, 6) is -2.59. The highest BCUT2D eigenvalue weighted by Crippen LogP contribution is 2.43. The summed E-state index contributed by atoms with van der Waals surface area (Å²) < 4.78 is 86.3. The molecule has 0 bridgehead atoms. The molecule has 1 saturated heterocycles. The van der Waals surface area contributed by atoms with Crippen LogP contribution < -0.4 is 4.90 Å². The monoisotopic (exact) mass is 563 g/mol. The zero-order chi connectivity index (χ0) is 28.9. The van der Waals surface area contributed by atoms with Crippen LogP contribution in [0.5, 0.6) is 0 Å². The minimum absolute atomic E-state index is 0.287. The van der Waals surface area contributed by atoms with Gasteiger partial charge >= 0.3 is 18.3 Å². The molecule has 1 aliphatic rings. The summed E-state index contributed by atoms with van der Waals surface area (Å²) in [6, 6.07) is 7.19. The molecule has 5 heterocycles. The first-order valence-corrected chi connectivity index (χ1v) is 11.8. The molecule has 5 rings (SSSR count). The molecule has 0 N–H and O–H groups in total. The second kappa shape index (κ2) is 9.54. The molecule has 4 aromatic rings. The average Bonchev–Trinajstić information content (AvgIpc) is 3.53. The fourth-order valence-corrected chi connectivity index (χ4v) is 4.66. The highest BCUT2D eigenvalue weighted by atomic mass is 19.4. The Morgan fingerprint density at radius 1 is 1.00 bits per heavy atom. The van der Waals surface area contributed by atoms with Gasteiger partial charge in [-0.05, 0) is 18.2 Å². The van der Waals surface area contributed by atoms with Crippen molar-refractivity contribution in [2.45, 2.75) is 30.8 Å². The molecule has 0 atom stereocenters. The van der Waals surface area contributed by atoms with Crippen LogP contribution in [0.15, 0.2) is 49.2 Å². The van der Waals surface area contributed by atoms with E-state index in [2.05, 4.69) is 26.0 Å². The van der Waals surface area contributed by atoms with E-state index in [1.807, 2.05) is 12.3 Å². The van der Waals surface area contributed by atoms with Crippen LogP contribution in [0.4, 0.5) is 32.2 Å². The lowest BCUT2D eigenvalue weighted by molar-refractivity contribution is -0.290. The molecule has 9 nitrogen and oxygen atoms in total. The number of carbonyl (C=O) groups excluding carboxylic acids is 1. The molecule has 1 aliphatic heterocycles. The van der Waals surface area contributed by atoms with Gasteiger partial charge in [-0.3, -0.25) is 4.68 Å². The number of esters is 1. The Morgan fingerprint density at radius 2 is 1.73 bits per heavy atom. The van der Waals surface area contributed by atoms with Gasteiger partial charge in [0.1, 0.15) is 11.9 Å². The predicted octanol–water partition coefficient (Wildman–Crippen LogP) is 4.68. The highest BCUT2D eigenvalue weighted by Gasteiger charge is 2.61. The van der Waals surface area contributed by atoms with Crippen molar-refractivity contribution in [3.8, 4) is 28.3 Å². The summed E-state index contributed by atoms with van der Waals surface area (Å²) in [5.41, 5.74) is 0.399.